The lowest BCUT2D eigenvalue weighted by atomic mass is 9.95. The number of aryl methyl sites for hydroxylation is 1. The third-order valence-corrected chi connectivity index (χ3v) is 3.85. The van der Waals surface area contributed by atoms with Crippen LogP contribution in [0.3, 0.4) is 0 Å². The number of amides is 1. The predicted molar refractivity (Wildman–Crippen MR) is 88.9 cm³/mol. The van der Waals surface area contributed by atoms with Crippen molar-refractivity contribution >= 4 is 33.5 Å². The quantitative estimate of drug-likeness (QED) is 0.846. The van der Waals surface area contributed by atoms with Crippen LogP contribution in [0.2, 0.25) is 0 Å². The smallest absolute Gasteiger partial charge is 0.311 e. The summed E-state index contributed by atoms with van der Waals surface area (Å²) in [5, 5.41) is 12.1. The van der Waals surface area contributed by atoms with Gasteiger partial charge in [0.15, 0.2) is 0 Å². The summed E-state index contributed by atoms with van der Waals surface area (Å²) in [5.41, 5.74) is 2.22. The van der Waals surface area contributed by atoms with Gasteiger partial charge in [-0.15, -0.1) is 0 Å². The number of nitrogens with one attached hydrogen (secondary N) is 1. The summed E-state index contributed by atoms with van der Waals surface area (Å²) in [6.07, 6.45) is -0.102. The van der Waals surface area contributed by atoms with Gasteiger partial charge in [-0.05, 0) is 36.2 Å². The molecule has 2 rings (SSSR count). The highest BCUT2D eigenvalue weighted by atomic mass is 79.9. The van der Waals surface area contributed by atoms with Crippen molar-refractivity contribution in [2.45, 2.75) is 19.3 Å². The molecule has 2 aromatic carbocycles. The summed E-state index contributed by atoms with van der Waals surface area (Å²) in [6.45, 7) is 1.88. The van der Waals surface area contributed by atoms with E-state index in [1.165, 1.54) is 0 Å². The summed E-state index contributed by atoms with van der Waals surface area (Å²) in [7, 11) is 0. The fraction of sp³-hybridized carbons (Fsp3) is 0.176. The zero-order valence-electron chi connectivity index (χ0n) is 12.0. The Balaban J connectivity index is 2.10. The number of carbonyl (C=O) groups is 2. The van der Waals surface area contributed by atoms with E-state index < -0.39 is 11.9 Å². The van der Waals surface area contributed by atoms with Crippen molar-refractivity contribution in [1.82, 2.24) is 0 Å². The number of halogens is 1. The third-order valence-electron chi connectivity index (χ3n) is 3.35. The molecule has 0 bridgehead atoms. The molecule has 2 aromatic rings. The number of hydrogen-bond acceptors (Lipinski definition) is 2. The molecule has 0 aliphatic heterocycles. The van der Waals surface area contributed by atoms with Gasteiger partial charge in [0.05, 0.1) is 5.92 Å². The van der Waals surface area contributed by atoms with Crippen molar-refractivity contribution in [2.24, 2.45) is 0 Å². The van der Waals surface area contributed by atoms with Crippen LogP contribution in [0.4, 0.5) is 5.69 Å². The summed E-state index contributed by atoms with van der Waals surface area (Å²) in [5.74, 6) is -2.17. The van der Waals surface area contributed by atoms with Gasteiger partial charge in [0, 0.05) is 16.6 Å². The summed E-state index contributed by atoms with van der Waals surface area (Å²) in [6, 6.07) is 14.3. The molecule has 0 saturated carbocycles. The van der Waals surface area contributed by atoms with Gasteiger partial charge in [-0.1, -0.05) is 46.3 Å². The van der Waals surface area contributed by atoms with Crippen molar-refractivity contribution in [1.29, 1.82) is 0 Å². The van der Waals surface area contributed by atoms with Crippen LogP contribution in [-0.4, -0.2) is 17.0 Å². The van der Waals surface area contributed by atoms with Crippen LogP contribution in [0.1, 0.15) is 23.5 Å². The fourth-order valence-corrected chi connectivity index (χ4v) is 2.66. The molecule has 0 aliphatic rings. The minimum absolute atomic E-state index is 0.102. The second-order valence-electron chi connectivity index (χ2n) is 5.01. The maximum Gasteiger partial charge on any atom is 0.311 e. The molecular weight excluding hydrogens is 346 g/mol. The molecule has 0 saturated heterocycles. The van der Waals surface area contributed by atoms with Gasteiger partial charge in [0.1, 0.15) is 0 Å². The molecule has 5 heteroatoms. The fourth-order valence-electron chi connectivity index (χ4n) is 2.19. The predicted octanol–water partition coefficient (Wildman–Crippen LogP) is 3.95. The van der Waals surface area contributed by atoms with E-state index in [1.807, 2.05) is 25.1 Å². The summed E-state index contributed by atoms with van der Waals surface area (Å²) in [4.78, 5) is 23.6. The van der Waals surface area contributed by atoms with Crippen molar-refractivity contribution in [3.05, 3.63) is 64.1 Å². The molecule has 0 spiro atoms. The molecule has 0 heterocycles. The highest BCUT2D eigenvalue weighted by molar-refractivity contribution is 9.10. The van der Waals surface area contributed by atoms with Gasteiger partial charge in [-0.2, -0.15) is 0 Å². The van der Waals surface area contributed by atoms with Crippen LogP contribution < -0.4 is 5.32 Å². The SMILES string of the molecule is Cc1cc(Br)ccc1NC(=O)C[C@H](C(=O)O)c1ccccc1. The molecule has 0 aliphatic carbocycles. The third kappa shape index (κ3) is 4.18. The number of carboxylic acid groups (broad SMARTS) is 1. The van der Waals surface area contributed by atoms with E-state index in [1.54, 1.807) is 30.3 Å². The van der Waals surface area contributed by atoms with Crippen molar-refractivity contribution in [3.63, 3.8) is 0 Å². The van der Waals surface area contributed by atoms with E-state index >= 15 is 0 Å². The lowest BCUT2D eigenvalue weighted by Gasteiger charge is -2.14. The molecule has 1 amide bonds. The normalized spacial score (nSPS) is 11.7. The first kappa shape index (κ1) is 16.2. The maximum atomic E-state index is 12.2. The number of rotatable bonds is 5. The van der Waals surface area contributed by atoms with Crippen LogP contribution in [0.25, 0.3) is 0 Å². The average molecular weight is 362 g/mol. The number of carboxylic acids is 1. The van der Waals surface area contributed by atoms with Gasteiger partial charge in [-0.3, -0.25) is 9.59 Å². The zero-order chi connectivity index (χ0) is 16.1. The Hall–Kier alpha value is -2.14. The number of aliphatic carboxylic acids is 1. The first-order chi connectivity index (χ1) is 10.5. The lowest BCUT2D eigenvalue weighted by Crippen LogP contribution is -2.21. The number of benzene rings is 2. The van der Waals surface area contributed by atoms with Crippen molar-refractivity contribution < 1.29 is 14.7 Å². The first-order valence-electron chi connectivity index (χ1n) is 6.81. The lowest BCUT2D eigenvalue weighted by molar-refractivity contribution is -0.140. The van der Waals surface area contributed by atoms with Crippen LogP contribution in [0, 0.1) is 6.92 Å². The minimum Gasteiger partial charge on any atom is -0.481 e. The second-order valence-corrected chi connectivity index (χ2v) is 5.93. The van der Waals surface area contributed by atoms with Crippen molar-refractivity contribution in [2.75, 3.05) is 5.32 Å². The molecule has 1 atom stereocenters. The van der Waals surface area contributed by atoms with Gasteiger partial charge >= 0.3 is 5.97 Å². The van der Waals surface area contributed by atoms with Gasteiger partial charge in [0.2, 0.25) is 5.91 Å². The van der Waals surface area contributed by atoms with Gasteiger partial charge in [0.25, 0.3) is 0 Å². The molecule has 0 aromatic heterocycles. The van der Waals surface area contributed by atoms with Gasteiger partial charge < -0.3 is 10.4 Å². The molecule has 0 unspecified atom stereocenters. The first-order valence-corrected chi connectivity index (χ1v) is 7.60. The standard InChI is InChI=1S/C17H16BrNO3/c1-11-9-13(18)7-8-15(11)19-16(20)10-14(17(21)22)12-5-3-2-4-6-12/h2-9,14H,10H2,1H3,(H,19,20)(H,21,22)/t14-/m0/s1. The molecular formula is C17H16BrNO3. The number of anilines is 1. The van der Waals surface area contributed by atoms with E-state index in [0.717, 1.165) is 10.0 Å². The Morgan fingerprint density at radius 2 is 1.86 bits per heavy atom. The van der Waals surface area contributed by atoms with E-state index in [-0.39, 0.29) is 12.3 Å². The van der Waals surface area contributed by atoms with Gasteiger partial charge in [-0.25, -0.2) is 0 Å². The van der Waals surface area contributed by atoms with E-state index in [0.29, 0.717) is 11.3 Å². The topological polar surface area (TPSA) is 66.4 Å². The second kappa shape index (κ2) is 7.22. The Kier molecular flexibility index (Phi) is 5.33. The average Bonchev–Trinajstić information content (AvgIpc) is 2.48. The van der Waals surface area contributed by atoms with E-state index in [2.05, 4.69) is 21.2 Å². The van der Waals surface area contributed by atoms with Crippen LogP contribution in [0.5, 0.6) is 0 Å². The Bertz CT molecular complexity index is 686. The highest BCUT2D eigenvalue weighted by Gasteiger charge is 2.23. The monoisotopic (exact) mass is 361 g/mol. The maximum absolute atomic E-state index is 12.2. The van der Waals surface area contributed by atoms with Crippen LogP contribution >= 0.6 is 15.9 Å². The van der Waals surface area contributed by atoms with Crippen molar-refractivity contribution in [3.8, 4) is 0 Å². The van der Waals surface area contributed by atoms with E-state index in [9.17, 15) is 14.7 Å². The molecule has 0 fully saturated rings. The largest absolute Gasteiger partial charge is 0.481 e. The number of carbonyl (C=O) groups excluding carboxylic acids is 1. The molecule has 114 valence electrons. The summed E-state index contributed by atoms with van der Waals surface area (Å²) < 4.78 is 0.927. The number of hydrogen-bond donors (Lipinski definition) is 2. The zero-order valence-corrected chi connectivity index (χ0v) is 13.6. The molecule has 0 radical (unpaired) electrons. The Morgan fingerprint density at radius 1 is 1.18 bits per heavy atom. The summed E-state index contributed by atoms with van der Waals surface area (Å²) >= 11 is 3.36. The van der Waals surface area contributed by atoms with Crippen LogP contribution in [-0.2, 0) is 9.59 Å². The Morgan fingerprint density at radius 3 is 2.45 bits per heavy atom. The molecule has 22 heavy (non-hydrogen) atoms. The van der Waals surface area contributed by atoms with E-state index in [4.69, 9.17) is 0 Å². The Labute approximate surface area is 137 Å². The molecule has 4 nitrogen and oxygen atoms in total. The minimum atomic E-state index is -1.01. The highest BCUT2D eigenvalue weighted by Crippen LogP contribution is 2.23. The molecule has 2 N–H and O–H groups in total. The van der Waals surface area contributed by atoms with Crippen LogP contribution in [0.15, 0.2) is 53.0 Å².